The Balaban J connectivity index is 2.15. The number of nitrogens with two attached hydrogens (primary N) is 1. The minimum atomic E-state index is -3.53. The number of benzene rings is 1. The van der Waals surface area contributed by atoms with Crippen LogP contribution in [0, 0.1) is 0 Å². The zero-order valence-electron chi connectivity index (χ0n) is 13.8. The van der Waals surface area contributed by atoms with Crippen LogP contribution in [0.25, 0.3) is 0 Å². The fourth-order valence-corrected chi connectivity index (χ4v) is 4.61. The number of hydrogen-bond acceptors (Lipinski definition) is 5. The van der Waals surface area contributed by atoms with Crippen molar-refractivity contribution < 1.29 is 17.9 Å². The third kappa shape index (κ3) is 4.44. The smallest absolute Gasteiger partial charge is 0.243 e. The molecular formula is C16H26N2O4S. The van der Waals surface area contributed by atoms with E-state index in [1.165, 1.54) is 0 Å². The number of piperidine rings is 1. The first-order chi connectivity index (χ1) is 11.0. The Morgan fingerprint density at radius 1 is 1.26 bits per heavy atom. The number of ether oxygens (including phenoxy) is 2. The SMILES string of the molecule is COCCOc1ccc(S(=O)(=O)N2CCCCC2C(C)N)cc1. The predicted molar refractivity (Wildman–Crippen MR) is 89.0 cm³/mol. The molecule has 0 aromatic heterocycles. The highest BCUT2D eigenvalue weighted by molar-refractivity contribution is 7.89. The van der Waals surface area contributed by atoms with Crippen molar-refractivity contribution in [2.24, 2.45) is 5.73 Å². The summed E-state index contributed by atoms with van der Waals surface area (Å²) in [6, 6.07) is 6.21. The minimum Gasteiger partial charge on any atom is -0.491 e. The Morgan fingerprint density at radius 3 is 2.57 bits per heavy atom. The van der Waals surface area contributed by atoms with Gasteiger partial charge in [0, 0.05) is 25.7 Å². The highest BCUT2D eigenvalue weighted by atomic mass is 32.2. The number of hydrogen-bond donors (Lipinski definition) is 1. The summed E-state index contributed by atoms with van der Waals surface area (Å²) in [5, 5.41) is 0. The molecule has 0 radical (unpaired) electrons. The van der Waals surface area contributed by atoms with Gasteiger partial charge in [-0.15, -0.1) is 0 Å². The van der Waals surface area contributed by atoms with E-state index in [2.05, 4.69) is 0 Å². The first-order valence-electron chi connectivity index (χ1n) is 7.96. The van der Waals surface area contributed by atoms with E-state index >= 15 is 0 Å². The second-order valence-electron chi connectivity index (χ2n) is 5.85. The molecule has 130 valence electrons. The summed E-state index contributed by atoms with van der Waals surface area (Å²) in [4.78, 5) is 0.282. The third-order valence-corrected chi connectivity index (χ3v) is 6.03. The predicted octanol–water partition coefficient (Wildman–Crippen LogP) is 1.60. The van der Waals surface area contributed by atoms with Crippen LogP contribution in [0.3, 0.4) is 0 Å². The largest absolute Gasteiger partial charge is 0.491 e. The molecule has 2 N–H and O–H groups in total. The van der Waals surface area contributed by atoms with Crippen molar-refractivity contribution >= 4 is 10.0 Å². The molecule has 2 unspecified atom stereocenters. The quantitative estimate of drug-likeness (QED) is 0.761. The Hall–Kier alpha value is -1.15. The maximum Gasteiger partial charge on any atom is 0.243 e. The second kappa shape index (κ2) is 8.10. The van der Waals surface area contributed by atoms with Gasteiger partial charge in [-0.3, -0.25) is 0 Å². The van der Waals surface area contributed by atoms with Crippen LogP contribution in [-0.4, -0.2) is 51.7 Å². The van der Waals surface area contributed by atoms with E-state index in [1.807, 2.05) is 6.92 Å². The van der Waals surface area contributed by atoms with E-state index in [1.54, 1.807) is 35.7 Å². The molecule has 0 saturated carbocycles. The summed E-state index contributed by atoms with van der Waals surface area (Å²) >= 11 is 0. The number of methoxy groups -OCH3 is 1. The van der Waals surface area contributed by atoms with Crippen LogP contribution in [0.5, 0.6) is 5.75 Å². The molecule has 7 heteroatoms. The van der Waals surface area contributed by atoms with Gasteiger partial charge in [-0.05, 0) is 44.0 Å². The van der Waals surface area contributed by atoms with Gasteiger partial charge in [-0.1, -0.05) is 6.42 Å². The van der Waals surface area contributed by atoms with E-state index < -0.39 is 10.0 Å². The van der Waals surface area contributed by atoms with Gasteiger partial charge in [0.1, 0.15) is 12.4 Å². The van der Waals surface area contributed by atoms with E-state index in [-0.39, 0.29) is 17.0 Å². The average molecular weight is 342 g/mol. The lowest BCUT2D eigenvalue weighted by Gasteiger charge is -2.36. The topological polar surface area (TPSA) is 81.9 Å². The molecule has 1 heterocycles. The summed E-state index contributed by atoms with van der Waals surface area (Å²) < 4.78 is 37.7. The fraction of sp³-hybridized carbons (Fsp3) is 0.625. The van der Waals surface area contributed by atoms with Crippen LogP contribution in [0.2, 0.25) is 0 Å². The van der Waals surface area contributed by atoms with Gasteiger partial charge in [-0.25, -0.2) is 8.42 Å². The molecule has 1 aliphatic heterocycles. The molecule has 0 aliphatic carbocycles. The lowest BCUT2D eigenvalue weighted by atomic mass is 10.00. The first kappa shape index (κ1) is 18.2. The van der Waals surface area contributed by atoms with E-state index in [0.717, 1.165) is 19.3 Å². The highest BCUT2D eigenvalue weighted by Gasteiger charge is 2.35. The summed E-state index contributed by atoms with van der Waals surface area (Å²) in [7, 11) is -1.92. The molecule has 1 saturated heterocycles. The lowest BCUT2D eigenvalue weighted by Crippen LogP contribution is -2.51. The third-order valence-electron chi connectivity index (χ3n) is 4.09. The minimum absolute atomic E-state index is 0.133. The maximum absolute atomic E-state index is 12.9. The number of rotatable bonds is 7. The van der Waals surface area contributed by atoms with Gasteiger partial charge in [0.15, 0.2) is 0 Å². The van der Waals surface area contributed by atoms with Gasteiger partial charge < -0.3 is 15.2 Å². The van der Waals surface area contributed by atoms with Gasteiger partial charge in [0.25, 0.3) is 0 Å². The van der Waals surface area contributed by atoms with Crippen molar-refractivity contribution in [3.05, 3.63) is 24.3 Å². The van der Waals surface area contributed by atoms with Crippen molar-refractivity contribution in [3.8, 4) is 5.75 Å². The summed E-state index contributed by atoms with van der Waals surface area (Å²) in [6.45, 7) is 3.32. The van der Waals surface area contributed by atoms with E-state index in [9.17, 15) is 8.42 Å². The maximum atomic E-state index is 12.9. The normalized spacial score (nSPS) is 21.1. The van der Waals surface area contributed by atoms with Crippen LogP contribution in [0.4, 0.5) is 0 Å². The molecule has 0 bridgehead atoms. The van der Waals surface area contributed by atoms with Gasteiger partial charge in [0.2, 0.25) is 10.0 Å². The molecule has 6 nitrogen and oxygen atoms in total. The molecule has 1 aromatic carbocycles. The molecule has 1 aliphatic rings. The zero-order chi connectivity index (χ0) is 16.9. The number of nitrogens with zero attached hydrogens (tertiary/aromatic N) is 1. The molecule has 0 spiro atoms. The molecule has 2 atom stereocenters. The average Bonchev–Trinajstić information content (AvgIpc) is 2.55. The van der Waals surface area contributed by atoms with E-state index in [0.29, 0.717) is 25.5 Å². The van der Waals surface area contributed by atoms with Crippen LogP contribution in [-0.2, 0) is 14.8 Å². The van der Waals surface area contributed by atoms with Gasteiger partial charge >= 0.3 is 0 Å². The summed E-state index contributed by atoms with van der Waals surface area (Å²) in [5.74, 6) is 0.628. The second-order valence-corrected chi connectivity index (χ2v) is 7.74. The van der Waals surface area contributed by atoms with Crippen molar-refractivity contribution in [1.82, 2.24) is 4.31 Å². The van der Waals surface area contributed by atoms with Crippen LogP contribution in [0.1, 0.15) is 26.2 Å². The Bertz CT molecular complexity index is 587. The summed E-state index contributed by atoms with van der Waals surface area (Å²) in [5.41, 5.74) is 5.99. The lowest BCUT2D eigenvalue weighted by molar-refractivity contribution is 0.146. The van der Waals surface area contributed by atoms with Gasteiger partial charge in [0.05, 0.1) is 11.5 Å². The van der Waals surface area contributed by atoms with Gasteiger partial charge in [-0.2, -0.15) is 4.31 Å². The Morgan fingerprint density at radius 2 is 1.96 bits per heavy atom. The van der Waals surface area contributed by atoms with Crippen LogP contribution < -0.4 is 10.5 Å². The standard InChI is InChI=1S/C16H26N2O4S/c1-13(17)16-5-3-4-10-18(16)23(19,20)15-8-6-14(7-9-15)22-12-11-21-2/h6-9,13,16H,3-5,10-12,17H2,1-2H3. The summed E-state index contributed by atoms with van der Waals surface area (Å²) in [6.07, 6.45) is 2.71. The van der Waals surface area contributed by atoms with Crippen molar-refractivity contribution in [2.75, 3.05) is 26.9 Å². The Labute approximate surface area is 138 Å². The first-order valence-corrected chi connectivity index (χ1v) is 9.40. The monoisotopic (exact) mass is 342 g/mol. The molecular weight excluding hydrogens is 316 g/mol. The molecule has 1 fully saturated rings. The zero-order valence-corrected chi connectivity index (χ0v) is 14.6. The fourth-order valence-electron chi connectivity index (χ4n) is 2.84. The molecule has 23 heavy (non-hydrogen) atoms. The van der Waals surface area contributed by atoms with Crippen molar-refractivity contribution in [2.45, 2.75) is 43.2 Å². The van der Waals surface area contributed by atoms with Crippen molar-refractivity contribution in [3.63, 3.8) is 0 Å². The van der Waals surface area contributed by atoms with Crippen LogP contribution >= 0.6 is 0 Å². The number of sulfonamides is 1. The van der Waals surface area contributed by atoms with Crippen molar-refractivity contribution in [1.29, 1.82) is 0 Å². The molecule has 2 rings (SSSR count). The highest BCUT2D eigenvalue weighted by Crippen LogP contribution is 2.27. The molecule has 1 aromatic rings. The van der Waals surface area contributed by atoms with Crippen LogP contribution in [0.15, 0.2) is 29.2 Å². The van der Waals surface area contributed by atoms with E-state index in [4.69, 9.17) is 15.2 Å². The molecule has 0 amide bonds. The Kier molecular flexibility index (Phi) is 6.41.